The Hall–Kier alpha value is -2.01. The second-order valence-corrected chi connectivity index (χ2v) is 5.23. The molecule has 0 unspecified atom stereocenters. The molecule has 1 heterocycles. The number of nitrogens with one attached hydrogen (secondary N) is 1. The quantitative estimate of drug-likeness (QED) is 0.888. The van der Waals surface area contributed by atoms with Crippen molar-refractivity contribution in [1.82, 2.24) is 0 Å². The van der Waals surface area contributed by atoms with Gasteiger partial charge in [0, 0.05) is 17.4 Å². The van der Waals surface area contributed by atoms with Gasteiger partial charge in [0.2, 0.25) is 5.91 Å². The Morgan fingerprint density at radius 1 is 1.25 bits per heavy atom. The zero-order valence-corrected chi connectivity index (χ0v) is 12.3. The van der Waals surface area contributed by atoms with Crippen LogP contribution in [0.25, 0.3) is 0 Å². The van der Waals surface area contributed by atoms with Crippen molar-refractivity contribution < 1.29 is 14.3 Å². The van der Waals surface area contributed by atoms with E-state index >= 15 is 0 Å². The minimum atomic E-state index is -0.0371. The Morgan fingerprint density at radius 2 is 2.10 bits per heavy atom. The number of ether oxygens (including phenoxy) is 2. The van der Waals surface area contributed by atoms with E-state index in [1.165, 1.54) is 4.88 Å². The molecule has 0 aliphatic carbocycles. The average molecular weight is 291 g/mol. The van der Waals surface area contributed by atoms with Gasteiger partial charge in [-0.05, 0) is 30.0 Å². The van der Waals surface area contributed by atoms with E-state index < -0.39 is 0 Å². The van der Waals surface area contributed by atoms with E-state index in [-0.39, 0.29) is 5.91 Å². The molecule has 0 bridgehead atoms. The first-order chi connectivity index (χ1) is 9.72. The highest BCUT2D eigenvalue weighted by Crippen LogP contribution is 2.29. The van der Waals surface area contributed by atoms with Gasteiger partial charge in [-0.2, -0.15) is 0 Å². The number of rotatable bonds is 6. The summed E-state index contributed by atoms with van der Waals surface area (Å²) in [6.45, 7) is 0. The van der Waals surface area contributed by atoms with Crippen molar-refractivity contribution in [2.75, 3.05) is 19.5 Å². The highest BCUT2D eigenvalue weighted by atomic mass is 32.1. The second-order valence-electron chi connectivity index (χ2n) is 4.19. The van der Waals surface area contributed by atoms with Gasteiger partial charge in [0.05, 0.1) is 19.9 Å². The monoisotopic (exact) mass is 291 g/mol. The zero-order chi connectivity index (χ0) is 14.4. The predicted molar refractivity (Wildman–Crippen MR) is 80.8 cm³/mol. The van der Waals surface area contributed by atoms with Crippen molar-refractivity contribution in [1.29, 1.82) is 0 Å². The third kappa shape index (κ3) is 3.74. The summed E-state index contributed by atoms with van der Waals surface area (Å²) >= 11 is 1.66. The fourth-order valence-electron chi connectivity index (χ4n) is 1.82. The Kier molecular flexibility index (Phi) is 5.01. The van der Waals surface area contributed by atoms with Gasteiger partial charge < -0.3 is 14.8 Å². The maximum Gasteiger partial charge on any atom is 0.224 e. The number of thiophene rings is 1. The number of hydrogen-bond acceptors (Lipinski definition) is 4. The smallest absolute Gasteiger partial charge is 0.224 e. The molecule has 0 aliphatic heterocycles. The first kappa shape index (κ1) is 14.4. The summed E-state index contributed by atoms with van der Waals surface area (Å²) in [5, 5.41) is 4.87. The lowest BCUT2D eigenvalue weighted by Crippen LogP contribution is -2.13. The maximum atomic E-state index is 12.0. The summed E-state index contributed by atoms with van der Waals surface area (Å²) in [4.78, 5) is 13.2. The van der Waals surface area contributed by atoms with Crippen LogP contribution in [-0.4, -0.2) is 20.1 Å². The standard InChI is InChI=1S/C15H17NO3S/c1-18-11-5-7-14(19-2)13(10-11)16-15(17)8-6-12-4-3-9-20-12/h3-5,7,9-10H,6,8H2,1-2H3,(H,16,17). The minimum absolute atomic E-state index is 0.0371. The fourth-order valence-corrected chi connectivity index (χ4v) is 2.52. The lowest BCUT2D eigenvalue weighted by molar-refractivity contribution is -0.116. The molecular formula is C15H17NO3S. The van der Waals surface area contributed by atoms with Crippen molar-refractivity contribution in [3.63, 3.8) is 0 Å². The van der Waals surface area contributed by atoms with E-state index in [9.17, 15) is 4.79 Å². The van der Waals surface area contributed by atoms with Crippen molar-refractivity contribution in [2.24, 2.45) is 0 Å². The molecule has 106 valence electrons. The number of hydrogen-bond donors (Lipinski definition) is 1. The summed E-state index contributed by atoms with van der Waals surface area (Å²) in [5.74, 6) is 1.26. The van der Waals surface area contributed by atoms with E-state index in [4.69, 9.17) is 9.47 Å². The van der Waals surface area contributed by atoms with Gasteiger partial charge in [0.25, 0.3) is 0 Å². The Labute approximate surface area is 122 Å². The fraction of sp³-hybridized carbons (Fsp3) is 0.267. The lowest BCUT2D eigenvalue weighted by Gasteiger charge is -2.11. The second kappa shape index (κ2) is 6.96. The van der Waals surface area contributed by atoms with Gasteiger partial charge in [-0.1, -0.05) is 6.07 Å². The largest absolute Gasteiger partial charge is 0.497 e. The number of methoxy groups -OCH3 is 2. The third-order valence-corrected chi connectivity index (χ3v) is 3.80. The molecule has 1 aromatic carbocycles. The number of carbonyl (C=O) groups excluding carboxylic acids is 1. The summed E-state index contributed by atoms with van der Waals surface area (Å²) in [5.41, 5.74) is 0.628. The third-order valence-electron chi connectivity index (χ3n) is 2.86. The molecule has 0 saturated heterocycles. The number of aryl methyl sites for hydroxylation is 1. The van der Waals surface area contributed by atoms with Crippen LogP contribution >= 0.6 is 11.3 Å². The van der Waals surface area contributed by atoms with Crippen LogP contribution < -0.4 is 14.8 Å². The van der Waals surface area contributed by atoms with Crippen LogP contribution in [0.15, 0.2) is 35.7 Å². The van der Waals surface area contributed by atoms with Gasteiger partial charge in [-0.15, -0.1) is 11.3 Å². The molecule has 1 aromatic heterocycles. The Morgan fingerprint density at radius 3 is 2.75 bits per heavy atom. The molecule has 20 heavy (non-hydrogen) atoms. The van der Waals surface area contributed by atoms with E-state index in [1.807, 2.05) is 17.5 Å². The van der Waals surface area contributed by atoms with Crippen molar-refractivity contribution in [3.8, 4) is 11.5 Å². The Bertz CT molecular complexity index is 567. The molecular weight excluding hydrogens is 274 g/mol. The first-order valence-electron chi connectivity index (χ1n) is 6.27. The minimum Gasteiger partial charge on any atom is -0.497 e. The van der Waals surface area contributed by atoms with Crippen LogP contribution in [-0.2, 0) is 11.2 Å². The average Bonchev–Trinajstić information content (AvgIpc) is 2.98. The van der Waals surface area contributed by atoms with Gasteiger partial charge in [-0.25, -0.2) is 0 Å². The summed E-state index contributed by atoms with van der Waals surface area (Å²) in [6.07, 6.45) is 1.19. The van der Waals surface area contributed by atoms with Crippen LogP contribution in [0.2, 0.25) is 0 Å². The highest BCUT2D eigenvalue weighted by Gasteiger charge is 2.09. The van der Waals surface area contributed by atoms with E-state index in [0.29, 0.717) is 23.6 Å². The van der Waals surface area contributed by atoms with Crippen LogP contribution in [0.4, 0.5) is 5.69 Å². The van der Waals surface area contributed by atoms with E-state index in [1.54, 1.807) is 43.8 Å². The van der Waals surface area contributed by atoms with Gasteiger partial charge in [0.15, 0.2) is 0 Å². The van der Waals surface area contributed by atoms with Gasteiger partial charge >= 0.3 is 0 Å². The van der Waals surface area contributed by atoms with Crippen molar-refractivity contribution in [2.45, 2.75) is 12.8 Å². The predicted octanol–water partition coefficient (Wildman–Crippen LogP) is 3.34. The molecule has 0 aliphatic rings. The molecule has 0 fully saturated rings. The molecule has 0 saturated carbocycles. The molecule has 0 spiro atoms. The molecule has 2 aromatic rings. The molecule has 5 heteroatoms. The molecule has 1 N–H and O–H groups in total. The molecule has 0 radical (unpaired) electrons. The molecule has 1 amide bonds. The number of carbonyl (C=O) groups is 1. The van der Waals surface area contributed by atoms with Gasteiger partial charge in [0.1, 0.15) is 11.5 Å². The normalized spacial score (nSPS) is 10.1. The van der Waals surface area contributed by atoms with E-state index in [0.717, 1.165) is 6.42 Å². The summed E-state index contributed by atoms with van der Waals surface area (Å²) in [6, 6.07) is 9.34. The number of amides is 1. The van der Waals surface area contributed by atoms with Gasteiger partial charge in [-0.3, -0.25) is 4.79 Å². The number of benzene rings is 1. The topological polar surface area (TPSA) is 47.6 Å². The zero-order valence-electron chi connectivity index (χ0n) is 11.5. The Balaban J connectivity index is 1.99. The van der Waals surface area contributed by atoms with Crippen LogP contribution in [0.1, 0.15) is 11.3 Å². The maximum absolute atomic E-state index is 12.0. The van der Waals surface area contributed by atoms with Crippen LogP contribution in [0.5, 0.6) is 11.5 Å². The lowest BCUT2D eigenvalue weighted by atomic mass is 10.2. The molecule has 0 atom stereocenters. The van der Waals surface area contributed by atoms with E-state index in [2.05, 4.69) is 5.32 Å². The summed E-state index contributed by atoms with van der Waals surface area (Å²) in [7, 11) is 3.16. The number of anilines is 1. The van der Waals surface area contributed by atoms with Crippen LogP contribution in [0.3, 0.4) is 0 Å². The highest BCUT2D eigenvalue weighted by molar-refractivity contribution is 7.09. The summed E-state index contributed by atoms with van der Waals surface area (Å²) < 4.78 is 10.4. The SMILES string of the molecule is COc1ccc(OC)c(NC(=O)CCc2cccs2)c1. The first-order valence-corrected chi connectivity index (χ1v) is 7.15. The molecule has 2 rings (SSSR count). The van der Waals surface area contributed by atoms with Crippen molar-refractivity contribution >= 4 is 22.9 Å². The molecule has 4 nitrogen and oxygen atoms in total. The van der Waals surface area contributed by atoms with Crippen molar-refractivity contribution in [3.05, 3.63) is 40.6 Å². The van der Waals surface area contributed by atoms with Crippen LogP contribution in [0, 0.1) is 0 Å².